The Morgan fingerprint density at radius 1 is 1.08 bits per heavy atom. The zero-order valence-corrected chi connectivity index (χ0v) is 21.8. The average molecular weight is 557 g/mol. The van der Waals surface area contributed by atoms with Crippen molar-refractivity contribution in [2.24, 2.45) is 0 Å². The summed E-state index contributed by atoms with van der Waals surface area (Å²) < 4.78 is 50.2. The number of rotatable bonds is 6. The van der Waals surface area contributed by atoms with E-state index in [4.69, 9.17) is 16.3 Å². The van der Waals surface area contributed by atoms with Crippen LogP contribution < -0.4 is 15.0 Å². The lowest BCUT2D eigenvalue weighted by molar-refractivity contribution is 0.412. The van der Waals surface area contributed by atoms with Crippen molar-refractivity contribution in [2.75, 3.05) is 11.8 Å². The second kappa shape index (κ2) is 9.58. The Hall–Kier alpha value is -3.80. The van der Waals surface area contributed by atoms with Crippen molar-refractivity contribution < 1.29 is 17.5 Å². The van der Waals surface area contributed by atoms with Gasteiger partial charge in [0, 0.05) is 28.1 Å². The van der Waals surface area contributed by atoms with Gasteiger partial charge in [0.15, 0.2) is 0 Å². The number of nitrogens with zero attached hydrogens (tertiary/aromatic N) is 3. The quantitative estimate of drug-likeness (QED) is 0.299. The topological polar surface area (TPSA) is 103 Å². The van der Waals surface area contributed by atoms with Gasteiger partial charge in [-0.25, -0.2) is 12.8 Å². The molecular weight excluding hydrogens is 539 g/mol. The maximum absolute atomic E-state index is 15.4. The minimum atomic E-state index is -3.95. The number of benzene rings is 3. The third kappa shape index (κ3) is 4.68. The fraction of sp³-hybridized carbons (Fsp3) is 0.0800. The zero-order valence-electron chi connectivity index (χ0n) is 19.4. The molecule has 0 bridgehead atoms. The number of aryl methyl sites for hydroxylation is 1. The van der Waals surface area contributed by atoms with E-state index in [0.29, 0.717) is 21.5 Å². The van der Waals surface area contributed by atoms with Crippen LogP contribution in [-0.4, -0.2) is 30.3 Å². The third-order valence-corrected chi connectivity index (χ3v) is 8.23. The molecule has 0 aliphatic rings. The Bertz CT molecular complexity index is 1820. The molecule has 5 aromatic rings. The van der Waals surface area contributed by atoms with Crippen molar-refractivity contribution in [3.8, 4) is 22.6 Å². The molecular formula is C25H18ClFN4O4S2. The van der Waals surface area contributed by atoms with Gasteiger partial charge in [-0.3, -0.25) is 14.1 Å². The number of fused-ring (bicyclic) bond motifs is 1. The first kappa shape index (κ1) is 24.9. The largest absolute Gasteiger partial charge is 0.495 e. The monoisotopic (exact) mass is 556 g/mol. The van der Waals surface area contributed by atoms with Gasteiger partial charge in [-0.2, -0.15) is 0 Å². The molecule has 1 N–H and O–H groups in total. The van der Waals surface area contributed by atoms with Gasteiger partial charge in [0.25, 0.3) is 15.6 Å². The number of sulfonamides is 1. The molecule has 3 aromatic carbocycles. The summed E-state index contributed by atoms with van der Waals surface area (Å²) in [5.74, 6) is -0.310. The van der Waals surface area contributed by atoms with Crippen molar-refractivity contribution in [3.63, 3.8) is 0 Å². The maximum atomic E-state index is 15.4. The molecule has 0 aliphatic heterocycles. The molecule has 0 radical (unpaired) electrons. The van der Waals surface area contributed by atoms with Gasteiger partial charge in [0.2, 0.25) is 5.13 Å². The van der Waals surface area contributed by atoms with Gasteiger partial charge < -0.3 is 4.74 Å². The summed E-state index contributed by atoms with van der Waals surface area (Å²) in [7, 11) is -2.52. The molecule has 2 heterocycles. The predicted octanol–water partition coefficient (Wildman–Crippen LogP) is 5.42. The highest BCUT2D eigenvalue weighted by molar-refractivity contribution is 7.93. The van der Waals surface area contributed by atoms with Gasteiger partial charge in [0.1, 0.15) is 17.1 Å². The first-order valence-electron chi connectivity index (χ1n) is 10.8. The molecule has 0 aliphatic carbocycles. The number of hydrogen-bond donors (Lipinski definition) is 1. The summed E-state index contributed by atoms with van der Waals surface area (Å²) in [6, 6.07) is 14.9. The minimum Gasteiger partial charge on any atom is -0.495 e. The Balaban J connectivity index is 1.64. The molecule has 8 nitrogen and oxygen atoms in total. The summed E-state index contributed by atoms with van der Waals surface area (Å²) in [6.45, 7) is 1.82. The number of anilines is 1. The Labute approximate surface area is 220 Å². The van der Waals surface area contributed by atoms with Crippen molar-refractivity contribution in [1.82, 2.24) is 14.8 Å². The van der Waals surface area contributed by atoms with Crippen molar-refractivity contribution in [2.45, 2.75) is 11.8 Å². The first-order valence-corrected chi connectivity index (χ1v) is 13.5. The fourth-order valence-electron chi connectivity index (χ4n) is 3.95. The van der Waals surface area contributed by atoms with Crippen LogP contribution in [0, 0.1) is 12.7 Å². The lowest BCUT2D eigenvalue weighted by atomic mass is 10.0. The van der Waals surface area contributed by atoms with E-state index in [1.807, 2.05) is 6.92 Å². The molecule has 37 heavy (non-hydrogen) atoms. The van der Waals surface area contributed by atoms with Crippen LogP contribution in [0.3, 0.4) is 0 Å². The van der Waals surface area contributed by atoms with E-state index in [1.165, 1.54) is 59.7 Å². The van der Waals surface area contributed by atoms with Crippen molar-refractivity contribution in [1.29, 1.82) is 0 Å². The van der Waals surface area contributed by atoms with Crippen molar-refractivity contribution >= 4 is 49.0 Å². The number of aromatic nitrogens is 3. The smallest absolute Gasteiger partial charge is 0.263 e. The van der Waals surface area contributed by atoms with Crippen LogP contribution in [0.4, 0.5) is 9.52 Å². The average Bonchev–Trinajstić information content (AvgIpc) is 3.37. The molecule has 0 unspecified atom stereocenters. The summed E-state index contributed by atoms with van der Waals surface area (Å²) in [6.07, 6.45) is 0. The van der Waals surface area contributed by atoms with E-state index in [0.717, 1.165) is 16.9 Å². The van der Waals surface area contributed by atoms with Gasteiger partial charge in [0.05, 0.1) is 23.2 Å². The van der Waals surface area contributed by atoms with Crippen LogP contribution in [0.5, 0.6) is 5.75 Å². The van der Waals surface area contributed by atoms with Crippen LogP contribution in [0.1, 0.15) is 5.56 Å². The minimum absolute atomic E-state index is 0.0352. The third-order valence-electron chi connectivity index (χ3n) is 5.74. The summed E-state index contributed by atoms with van der Waals surface area (Å²) in [5, 5.41) is 8.45. The number of ether oxygens (including phenoxy) is 1. The molecule has 0 saturated carbocycles. The van der Waals surface area contributed by atoms with Crippen LogP contribution in [-0.2, 0) is 10.0 Å². The van der Waals surface area contributed by atoms with E-state index in [9.17, 15) is 13.2 Å². The van der Waals surface area contributed by atoms with E-state index in [2.05, 4.69) is 14.9 Å². The predicted molar refractivity (Wildman–Crippen MR) is 142 cm³/mol. The number of hydrogen-bond acceptors (Lipinski definition) is 7. The number of methoxy groups -OCH3 is 1. The van der Waals surface area contributed by atoms with E-state index < -0.39 is 21.4 Å². The highest BCUT2D eigenvalue weighted by Gasteiger charge is 2.20. The lowest BCUT2D eigenvalue weighted by Crippen LogP contribution is -2.19. The summed E-state index contributed by atoms with van der Waals surface area (Å²) >= 11 is 7.16. The summed E-state index contributed by atoms with van der Waals surface area (Å²) in [4.78, 5) is 12.9. The first-order chi connectivity index (χ1) is 17.7. The van der Waals surface area contributed by atoms with E-state index in [1.54, 1.807) is 18.2 Å². The fourth-order valence-corrected chi connectivity index (χ4v) is 5.79. The second-order valence-electron chi connectivity index (χ2n) is 8.04. The number of pyridine rings is 1. The van der Waals surface area contributed by atoms with Gasteiger partial charge in [-0.15, -0.1) is 10.2 Å². The molecule has 0 fully saturated rings. The lowest BCUT2D eigenvalue weighted by Gasteiger charge is -2.17. The second-order valence-corrected chi connectivity index (χ2v) is 11.0. The Morgan fingerprint density at radius 2 is 1.89 bits per heavy atom. The molecule has 5 rings (SSSR count). The molecule has 0 saturated heterocycles. The zero-order chi connectivity index (χ0) is 26.3. The number of nitrogens with one attached hydrogen (secondary N) is 1. The molecule has 0 atom stereocenters. The van der Waals surface area contributed by atoms with E-state index >= 15 is 4.39 Å². The Morgan fingerprint density at radius 3 is 2.59 bits per heavy atom. The van der Waals surface area contributed by atoms with Gasteiger partial charge >= 0.3 is 0 Å². The molecule has 0 spiro atoms. The maximum Gasteiger partial charge on any atom is 0.263 e. The molecule has 0 amide bonds. The highest BCUT2D eigenvalue weighted by Crippen LogP contribution is 2.35. The molecule has 12 heteroatoms. The highest BCUT2D eigenvalue weighted by atomic mass is 35.5. The van der Waals surface area contributed by atoms with Crippen LogP contribution in [0.25, 0.3) is 27.7 Å². The number of halogens is 2. The van der Waals surface area contributed by atoms with Crippen LogP contribution >= 0.6 is 22.9 Å². The van der Waals surface area contributed by atoms with Gasteiger partial charge in [-0.05, 0) is 60.5 Å². The normalized spacial score (nSPS) is 11.6. The van der Waals surface area contributed by atoms with Crippen LogP contribution in [0.2, 0.25) is 5.02 Å². The molecule has 2 aromatic heterocycles. The van der Waals surface area contributed by atoms with Gasteiger partial charge in [-0.1, -0.05) is 29.0 Å². The summed E-state index contributed by atoms with van der Waals surface area (Å²) in [5.41, 5.74) is 3.18. The standard InChI is InChI=1S/C25H18ClFN4O4S2/c1-14-9-15(3-6-19(14)26)18-11-23(35-2)22(12-20(18)27)31-21-7-5-17(10-16(21)4-8-24(31)32)37(33,34)30-25-29-28-13-36-25/h3-13H,1-2H3,(H,29,30). The van der Waals surface area contributed by atoms with Crippen LogP contribution in [0.15, 0.2) is 75.9 Å². The SMILES string of the molecule is COc1cc(-c2ccc(Cl)c(C)c2)c(F)cc1-n1c(=O)ccc2cc(S(=O)(=O)Nc3nncs3)ccc21. The Kier molecular flexibility index (Phi) is 6.44. The van der Waals surface area contributed by atoms with E-state index in [-0.39, 0.29) is 27.0 Å². The van der Waals surface area contributed by atoms with Crippen molar-refractivity contribution in [3.05, 3.63) is 92.9 Å². The molecule has 188 valence electrons.